The van der Waals surface area contributed by atoms with Crippen LogP contribution in [0.5, 0.6) is 11.5 Å². The quantitative estimate of drug-likeness (QED) is 0.0806. The minimum Gasteiger partial charge on any atom is -0.541 e. The molecule has 2 aromatic carbocycles. The van der Waals surface area contributed by atoms with Gasteiger partial charge in [-0.05, 0) is 42.4 Å². The summed E-state index contributed by atoms with van der Waals surface area (Å²) in [5.41, 5.74) is -2.17. The number of aryl methyl sites for hydroxylation is 2. The van der Waals surface area contributed by atoms with Gasteiger partial charge in [0.2, 0.25) is 0 Å². The molecule has 0 aliphatic rings. The van der Waals surface area contributed by atoms with Gasteiger partial charge in [0.05, 0.1) is 26.5 Å². The van der Waals surface area contributed by atoms with Crippen molar-refractivity contribution >= 4 is 77.0 Å². The van der Waals surface area contributed by atoms with Crippen LogP contribution in [0.4, 0.5) is 17.6 Å². The van der Waals surface area contributed by atoms with Gasteiger partial charge in [-0.25, -0.2) is 37.5 Å². The summed E-state index contributed by atoms with van der Waals surface area (Å²) in [6, 6.07) is 3.52. The Kier molecular flexibility index (Phi) is 13.1. The zero-order valence-electron chi connectivity index (χ0n) is 29.7. The molecule has 0 fully saturated rings. The summed E-state index contributed by atoms with van der Waals surface area (Å²) in [6.07, 6.45) is 5.56. The van der Waals surface area contributed by atoms with E-state index < -0.39 is 69.6 Å². The summed E-state index contributed by atoms with van der Waals surface area (Å²) in [4.78, 5) is 42.1. The second-order valence-electron chi connectivity index (χ2n) is 13.0. The summed E-state index contributed by atoms with van der Waals surface area (Å²) in [7, 11) is 0.381. The van der Waals surface area contributed by atoms with Crippen LogP contribution in [0.3, 0.4) is 0 Å². The van der Waals surface area contributed by atoms with E-state index in [0.717, 1.165) is 28.8 Å². The minimum atomic E-state index is -2.49. The third-order valence-electron chi connectivity index (χ3n) is 8.68. The maximum Gasteiger partial charge on any atom is 0.263 e. The molecule has 1 N–H and O–H groups in total. The lowest BCUT2D eigenvalue weighted by Gasteiger charge is -2.37. The number of aromatic hydroxyl groups is 1. The van der Waals surface area contributed by atoms with Crippen molar-refractivity contribution in [3.63, 3.8) is 0 Å². The molecule has 0 spiro atoms. The predicted octanol–water partition coefficient (Wildman–Crippen LogP) is 9.37. The van der Waals surface area contributed by atoms with Crippen LogP contribution in [0.2, 0.25) is 28.2 Å². The Morgan fingerprint density at radius 3 is 1.52 bits per heavy atom. The van der Waals surface area contributed by atoms with E-state index in [0.29, 0.717) is 0 Å². The first-order chi connectivity index (χ1) is 25.2. The van der Waals surface area contributed by atoms with Gasteiger partial charge in [0.25, 0.3) is 19.4 Å². The summed E-state index contributed by atoms with van der Waals surface area (Å²) < 4.78 is 65.4. The van der Waals surface area contributed by atoms with Crippen LogP contribution in [0.1, 0.15) is 20.8 Å². The minimum absolute atomic E-state index is 0.0145. The average molecular weight is 847 g/mol. The fraction of sp³-hybridized carbons (Fsp3) is 0.257. The highest BCUT2D eigenvalue weighted by atomic mass is 35.5. The third-order valence-corrected chi connectivity index (χ3v) is 13.8. The third kappa shape index (κ3) is 8.05. The molecule has 4 aromatic heterocycles. The molecule has 54 heavy (non-hydrogen) atoms. The van der Waals surface area contributed by atoms with Crippen LogP contribution in [-0.4, -0.2) is 47.8 Å². The van der Waals surface area contributed by atoms with E-state index in [-0.39, 0.29) is 49.6 Å². The molecular formula is C35H32Cl4F4N6O4Si. The van der Waals surface area contributed by atoms with Gasteiger partial charge in [0.1, 0.15) is 40.1 Å². The lowest BCUT2D eigenvalue weighted by Crippen LogP contribution is -2.44. The lowest BCUT2D eigenvalue weighted by molar-refractivity contribution is 0.479. The number of alkyl halides is 2. The Hall–Kier alpha value is -4.28. The van der Waals surface area contributed by atoms with Gasteiger partial charge in [-0.1, -0.05) is 44.0 Å². The Morgan fingerprint density at radius 1 is 0.685 bits per heavy atom. The molecule has 6 rings (SSSR count). The number of fused-ring (bicyclic) bond motifs is 2. The monoisotopic (exact) mass is 844 g/mol. The fourth-order valence-corrected chi connectivity index (χ4v) is 6.42. The van der Waals surface area contributed by atoms with Gasteiger partial charge in [-0.15, -0.1) is 23.2 Å². The Balaban J connectivity index is 0.000000231. The SMILES string of the molecule is ClCCl.Cn1c(=O)c(-c2c(F)ccc(F)c2Cl)c(O)c2nccnc21.Cn1c(=O)c(-c2c(F)ccc(F)c2Cl)c(O[Si](C)(C)C(C)(C)C)c2nccnc21. The molecule has 0 aliphatic heterocycles. The Morgan fingerprint density at radius 2 is 1.06 bits per heavy atom. The summed E-state index contributed by atoms with van der Waals surface area (Å²) in [6.45, 7) is 10.1. The number of pyridine rings is 2. The van der Waals surface area contributed by atoms with Crippen molar-refractivity contribution in [1.29, 1.82) is 0 Å². The highest BCUT2D eigenvalue weighted by Gasteiger charge is 2.41. The number of aromatic nitrogens is 6. The highest BCUT2D eigenvalue weighted by molar-refractivity contribution is 6.74. The maximum atomic E-state index is 14.8. The number of hydrogen-bond acceptors (Lipinski definition) is 8. The van der Waals surface area contributed by atoms with Crippen molar-refractivity contribution in [3.05, 3.63) is 103 Å². The molecule has 286 valence electrons. The van der Waals surface area contributed by atoms with E-state index in [2.05, 4.69) is 19.9 Å². The molecule has 0 saturated carbocycles. The molecule has 0 atom stereocenters. The molecule has 19 heteroatoms. The highest BCUT2D eigenvalue weighted by Crippen LogP contribution is 2.44. The van der Waals surface area contributed by atoms with Crippen molar-refractivity contribution in [2.75, 3.05) is 5.34 Å². The van der Waals surface area contributed by atoms with E-state index in [1.165, 1.54) is 43.4 Å². The van der Waals surface area contributed by atoms with E-state index in [1.54, 1.807) is 0 Å². The predicted molar refractivity (Wildman–Crippen MR) is 206 cm³/mol. The van der Waals surface area contributed by atoms with Crippen molar-refractivity contribution in [1.82, 2.24) is 29.1 Å². The fourth-order valence-electron chi connectivity index (χ4n) is 4.91. The maximum absolute atomic E-state index is 14.8. The van der Waals surface area contributed by atoms with Gasteiger partial charge in [0, 0.05) is 50.0 Å². The van der Waals surface area contributed by atoms with Crippen LogP contribution in [0, 0.1) is 23.3 Å². The number of hydrogen-bond donors (Lipinski definition) is 1. The number of nitrogens with zero attached hydrogens (tertiary/aromatic N) is 6. The first-order valence-corrected chi connectivity index (χ1v) is 20.4. The summed E-state index contributed by atoms with van der Waals surface area (Å²) in [5, 5.41) is 9.19. The molecule has 10 nitrogen and oxygen atoms in total. The van der Waals surface area contributed by atoms with Gasteiger partial charge in [0.15, 0.2) is 17.0 Å². The zero-order valence-corrected chi connectivity index (χ0v) is 33.7. The number of rotatable bonds is 4. The zero-order chi connectivity index (χ0) is 40.4. The van der Waals surface area contributed by atoms with Crippen LogP contribution >= 0.6 is 46.4 Å². The van der Waals surface area contributed by atoms with E-state index in [1.807, 2.05) is 33.9 Å². The van der Waals surface area contributed by atoms with Gasteiger partial charge in [-0.3, -0.25) is 18.7 Å². The van der Waals surface area contributed by atoms with Crippen LogP contribution in [0.25, 0.3) is 44.6 Å². The first-order valence-electron chi connectivity index (χ1n) is 15.7. The second-order valence-corrected chi connectivity index (χ2v) is 19.3. The van der Waals surface area contributed by atoms with E-state index >= 15 is 0 Å². The summed E-state index contributed by atoms with van der Waals surface area (Å²) in [5.74, 6) is -4.01. The van der Waals surface area contributed by atoms with Crippen LogP contribution in [0.15, 0.2) is 58.6 Å². The topological polar surface area (TPSA) is 125 Å². The molecule has 0 unspecified atom stereocenters. The standard InChI is InChI=1S/C20H22ClF2N3O2Si.C14H8ClF2N3O2.CH2Cl2/c1-20(2,3)29(5,6)28-17-14(13-11(22)7-8-12(23)15(13)21)19(27)26(4)18-16(17)24-9-10-25-18;1-20-13-11(18-4-5-19-13)12(21)9(14(20)22)8-6(16)2-3-7(17)10(8)15;2-1-3/h7-10H,1-6H3;2-5,21H,1H3;1H2. The smallest absolute Gasteiger partial charge is 0.263 e. The van der Waals surface area contributed by atoms with Crippen molar-refractivity contribution in [2.45, 2.75) is 38.9 Å². The first kappa shape index (κ1) is 42.5. The average Bonchev–Trinajstić information content (AvgIpc) is 3.12. The van der Waals surface area contributed by atoms with Crippen molar-refractivity contribution in [2.24, 2.45) is 14.1 Å². The lowest BCUT2D eigenvalue weighted by atomic mass is 10.0. The van der Waals surface area contributed by atoms with E-state index in [9.17, 15) is 32.3 Å². The van der Waals surface area contributed by atoms with Crippen LogP contribution < -0.4 is 15.5 Å². The largest absolute Gasteiger partial charge is 0.541 e. The molecule has 0 radical (unpaired) electrons. The molecule has 4 heterocycles. The molecule has 6 aromatic rings. The molecular weight excluding hydrogens is 814 g/mol. The summed E-state index contributed by atoms with van der Waals surface area (Å²) >= 11 is 21.4. The second kappa shape index (κ2) is 16.6. The normalized spacial score (nSPS) is 11.5. The molecule has 0 saturated heterocycles. The molecule has 0 amide bonds. The Bertz CT molecular complexity index is 2520. The van der Waals surface area contributed by atoms with Crippen molar-refractivity contribution < 1.29 is 27.1 Å². The Labute approximate surface area is 327 Å². The van der Waals surface area contributed by atoms with Crippen LogP contribution in [-0.2, 0) is 14.1 Å². The van der Waals surface area contributed by atoms with E-state index in [4.69, 9.17) is 50.8 Å². The van der Waals surface area contributed by atoms with Gasteiger partial charge >= 0.3 is 0 Å². The van der Waals surface area contributed by atoms with Crippen molar-refractivity contribution in [3.8, 4) is 33.8 Å². The number of benzene rings is 2. The van der Waals surface area contributed by atoms with Gasteiger partial charge < -0.3 is 9.53 Å². The number of halogens is 8. The molecule has 0 bridgehead atoms. The molecule has 0 aliphatic carbocycles. The van der Waals surface area contributed by atoms with Gasteiger partial charge in [-0.2, -0.15) is 0 Å².